The lowest BCUT2D eigenvalue weighted by Gasteiger charge is -2.31. The maximum absolute atomic E-state index is 5.69. The molecule has 3 nitrogen and oxygen atoms in total. The number of piperidine rings is 1. The minimum Gasteiger partial charge on any atom is -0.326 e. The monoisotopic (exact) mass is 261 g/mol. The van der Waals surface area contributed by atoms with Gasteiger partial charge in [-0.1, -0.05) is 24.3 Å². The first-order valence-electron chi connectivity index (χ1n) is 7.32. The van der Waals surface area contributed by atoms with Gasteiger partial charge in [0.05, 0.1) is 0 Å². The molecule has 3 heteroatoms. The van der Waals surface area contributed by atoms with Gasteiger partial charge in [0, 0.05) is 19.6 Å². The van der Waals surface area contributed by atoms with Gasteiger partial charge in [-0.15, -0.1) is 0 Å². The lowest BCUT2D eigenvalue weighted by Crippen LogP contribution is -2.35. The third kappa shape index (κ3) is 4.60. The molecule has 0 unspecified atom stereocenters. The first kappa shape index (κ1) is 14.5. The van der Waals surface area contributed by atoms with E-state index in [1.807, 2.05) is 0 Å². The van der Waals surface area contributed by atoms with Crippen LogP contribution in [0.25, 0.3) is 0 Å². The Morgan fingerprint density at radius 3 is 2.63 bits per heavy atom. The molecular formula is C16H27N3. The molecule has 0 saturated carbocycles. The van der Waals surface area contributed by atoms with Gasteiger partial charge in [0.1, 0.15) is 0 Å². The van der Waals surface area contributed by atoms with Gasteiger partial charge in [0.15, 0.2) is 0 Å². The summed E-state index contributed by atoms with van der Waals surface area (Å²) in [6.07, 6.45) is 2.67. The molecule has 2 rings (SSSR count). The van der Waals surface area contributed by atoms with Crippen LogP contribution in [0.4, 0.5) is 0 Å². The first-order valence-corrected chi connectivity index (χ1v) is 7.32. The van der Waals surface area contributed by atoms with Gasteiger partial charge >= 0.3 is 0 Å². The minimum atomic E-state index is 0.631. The van der Waals surface area contributed by atoms with Crippen LogP contribution in [-0.4, -0.2) is 43.5 Å². The molecule has 19 heavy (non-hydrogen) atoms. The molecule has 1 saturated heterocycles. The van der Waals surface area contributed by atoms with Crippen LogP contribution in [0.5, 0.6) is 0 Å². The molecule has 1 aliphatic heterocycles. The minimum absolute atomic E-state index is 0.631. The summed E-state index contributed by atoms with van der Waals surface area (Å²) in [6, 6.07) is 8.64. The average molecular weight is 261 g/mol. The van der Waals surface area contributed by atoms with E-state index >= 15 is 0 Å². The van der Waals surface area contributed by atoms with Gasteiger partial charge in [-0.2, -0.15) is 0 Å². The van der Waals surface area contributed by atoms with Crippen molar-refractivity contribution in [1.82, 2.24) is 9.80 Å². The molecule has 0 amide bonds. The summed E-state index contributed by atoms with van der Waals surface area (Å²) in [7, 11) is 4.45. The number of rotatable bonds is 5. The van der Waals surface area contributed by atoms with Crippen LogP contribution < -0.4 is 5.73 Å². The van der Waals surface area contributed by atoms with Crippen LogP contribution >= 0.6 is 0 Å². The van der Waals surface area contributed by atoms with Gasteiger partial charge in [-0.05, 0) is 57.1 Å². The normalized spacial score (nSPS) is 18.1. The molecule has 0 spiro atoms. The van der Waals surface area contributed by atoms with E-state index in [1.165, 1.54) is 43.6 Å². The van der Waals surface area contributed by atoms with Gasteiger partial charge in [-0.25, -0.2) is 0 Å². The second-order valence-electron chi connectivity index (χ2n) is 5.97. The number of hydrogen-bond acceptors (Lipinski definition) is 3. The van der Waals surface area contributed by atoms with Crippen molar-refractivity contribution in [3.05, 3.63) is 35.4 Å². The molecule has 1 aromatic carbocycles. The van der Waals surface area contributed by atoms with E-state index in [9.17, 15) is 0 Å². The molecular weight excluding hydrogens is 234 g/mol. The molecule has 0 aromatic heterocycles. The van der Waals surface area contributed by atoms with E-state index in [0.29, 0.717) is 6.54 Å². The fraction of sp³-hybridized carbons (Fsp3) is 0.625. The molecule has 1 aromatic rings. The number of nitrogens with zero attached hydrogens (tertiary/aromatic N) is 2. The highest BCUT2D eigenvalue weighted by atomic mass is 15.1. The third-order valence-corrected chi connectivity index (χ3v) is 4.09. The summed E-state index contributed by atoms with van der Waals surface area (Å²) < 4.78 is 0. The number of nitrogens with two attached hydrogens (primary N) is 1. The molecule has 0 bridgehead atoms. The molecule has 106 valence electrons. The standard InChI is InChI=1S/C16H27N3/c1-18-8-6-14(7-9-18)12-19(2)13-16-5-3-4-15(10-16)11-17/h3-5,10,14H,6-9,11-13,17H2,1-2H3. The van der Waals surface area contributed by atoms with E-state index in [1.54, 1.807) is 0 Å². The summed E-state index contributed by atoms with van der Waals surface area (Å²) in [6.45, 7) is 5.37. The summed E-state index contributed by atoms with van der Waals surface area (Å²) in [5.41, 5.74) is 8.29. The Kier molecular flexibility index (Phi) is 5.37. The molecule has 1 aliphatic rings. The molecule has 0 atom stereocenters. The Balaban J connectivity index is 1.81. The number of likely N-dealkylation sites (tertiary alicyclic amines) is 1. The van der Waals surface area contributed by atoms with Gasteiger partial charge in [-0.3, -0.25) is 0 Å². The van der Waals surface area contributed by atoms with Crippen molar-refractivity contribution in [2.75, 3.05) is 33.7 Å². The van der Waals surface area contributed by atoms with Gasteiger partial charge in [0.2, 0.25) is 0 Å². The topological polar surface area (TPSA) is 32.5 Å². The summed E-state index contributed by atoms with van der Waals surface area (Å²) in [4.78, 5) is 4.88. The fourth-order valence-electron chi connectivity index (χ4n) is 2.92. The summed E-state index contributed by atoms with van der Waals surface area (Å²) >= 11 is 0. The average Bonchev–Trinajstić information content (AvgIpc) is 2.41. The zero-order valence-electron chi connectivity index (χ0n) is 12.3. The highest BCUT2D eigenvalue weighted by Crippen LogP contribution is 2.18. The second kappa shape index (κ2) is 7.04. The van der Waals surface area contributed by atoms with E-state index in [4.69, 9.17) is 5.73 Å². The van der Waals surface area contributed by atoms with Crippen molar-refractivity contribution in [3.63, 3.8) is 0 Å². The third-order valence-electron chi connectivity index (χ3n) is 4.09. The summed E-state index contributed by atoms with van der Waals surface area (Å²) in [5.74, 6) is 0.860. The SMILES string of the molecule is CN1CCC(CN(C)Cc2cccc(CN)c2)CC1. The first-order chi connectivity index (χ1) is 9.17. The van der Waals surface area contributed by atoms with Crippen LogP contribution in [0.15, 0.2) is 24.3 Å². The van der Waals surface area contributed by atoms with Crippen LogP contribution in [0.1, 0.15) is 24.0 Å². The van der Waals surface area contributed by atoms with Crippen molar-refractivity contribution in [1.29, 1.82) is 0 Å². The van der Waals surface area contributed by atoms with Crippen LogP contribution in [0.3, 0.4) is 0 Å². The molecule has 1 fully saturated rings. The van der Waals surface area contributed by atoms with Gasteiger partial charge in [0.25, 0.3) is 0 Å². The Morgan fingerprint density at radius 2 is 1.95 bits per heavy atom. The van der Waals surface area contributed by atoms with Crippen molar-refractivity contribution < 1.29 is 0 Å². The van der Waals surface area contributed by atoms with E-state index in [-0.39, 0.29) is 0 Å². The highest BCUT2D eigenvalue weighted by molar-refractivity contribution is 5.23. The molecule has 0 aliphatic carbocycles. The smallest absolute Gasteiger partial charge is 0.0230 e. The summed E-state index contributed by atoms with van der Waals surface area (Å²) in [5, 5.41) is 0. The Bertz CT molecular complexity index is 383. The Labute approximate surface area is 117 Å². The van der Waals surface area contributed by atoms with E-state index in [0.717, 1.165) is 12.5 Å². The molecule has 0 radical (unpaired) electrons. The zero-order valence-corrected chi connectivity index (χ0v) is 12.3. The highest BCUT2D eigenvalue weighted by Gasteiger charge is 2.18. The second-order valence-corrected chi connectivity index (χ2v) is 5.97. The number of hydrogen-bond donors (Lipinski definition) is 1. The number of benzene rings is 1. The lowest BCUT2D eigenvalue weighted by atomic mass is 9.96. The van der Waals surface area contributed by atoms with Crippen molar-refractivity contribution in [3.8, 4) is 0 Å². The zero-order chi connectivity index (χ0) is 13.7. The van der Waals surface area contributed by atoms with Crippen molar-refractivity contribution in [2.45, 2.75) is 25.9 Å². The quantitative estimate of drug-likeness (QED) is 0.879. The lowest BCUT2D eigenvalue weighted by molar-refractivity contribution is 0.173. The largest absolute Gasteiger partial charge is 0.326 e. The van der Waals surface area contributed by atoms with Crippen LogP contribution in [-0.2, 0) is 13.1 Å². The van der Waals surface area contributed by atoms with Gasteiger partial charge < -0.3 is 15.5 Å². The predicted octanol–water partition coefficient (Wildman–Crippen LogP) is 1.92. The fourth-order valence-corrected chi connectivity index (χ4v) is 2.92. The molecule has 2 N–H and O–H groups in total. The predicted molar refractivity (Wildman–Crippen MR) is 80.9 cm³/mol. The van der Waals surface area contributed by atoms with Crippen LogP contribution in [0.2, 0.25) is 0 Å². The van der Waals surface area contributed by atoms with Crippen molar-refractivity contribution >= 4 is 0 Å². The van der Waals surface area contributed by atoms with Crippen LogP contribution in [0, 0.1) is 5.92 Å². The maximum Gasteiger partial charge on any atom is 0.0230 e. The molecule has 1 heterocycles. The van der Waals surface area contributed by atoms with E-state index in [2.05, 4.69) is 48.2 Å². The van der Waals surface area contributed by atoms with E-state index < -0.39 is 0 Å². The Hall–Kier alpha value is -0.900. The van der Waals surface area contributed by atoms with Crippen molar-refractivity contribution in [2.24, 2.45) is 11.7 Å². The Morgan fingerprint density at radius 1 is 1.26 bits per heavy atom. The maximum atomic E-state index is 5.69.